The molecule has 0 spiro atoms. The molecule has 7 nitrogen and oxygen atoms in total. The van der Waals surface area contributed by atoms with Crippen molar-refractivity contribution in [3.8, 4) is 0 Å². The third kappa shape index (κ3) is 4.05. The Hall–Kier alpha value is -1.93. The highest BCUT2D eigenvalue weighted by atomic mass is 32.2. The number of hydrogen-bond donors (Lipinski definition) is 3. The van der Waals surface area contributed by atoms with E-state index in [1.807, 2.05) is 13.8 Å². The molecule has 2 rings (SSSR count). The summed E-state index contributed by atoms with van der Waals surface area (Å²) in [5.74, 6) is -0.331. The van der Waals surface area contributed by atoms with Crippen LogP contribution in [0.3, 0.4) is 0 Å². The number of rotatable bonds is 5. The number of sulfonamides is 1. The maximum Gasteiger partial charge on any atom is 0.257 e. The van der Waals surface area contributed by atoms with Crippen molar-refractivity contribution < 1.29 is 18.0 Å². The van der Waals surface area contributed by atoms with Crippen LogP contribution in [-0.4, -0.2) is 20.2 Å². The lowest BCUT2D eigenvalue weighted by Crippen LogP contribution is -2.41. The van der Waals surface area contributed by atoms with Gasteiger partial charge in [-0.15, -0.1) is 4.83 Å². The predicted octanol–water partition coefficient (Wildman–Crippen LogP) is 0.927. The van der Waals surface area contributed by atoms with Crippen molar-refractivity contribution in [2.45, 2.75) is 38.0 Å². The van der Waals surface area contributed by atoms with Gasteiger partial charge < -0.3 is 5.32 Å². The monoisotopic (exact) mass is 325 g/mol. The highest BCUT2D eigenvalue weighted by molar-refractivity contribution is 7.89. The molecule has 0 aliphatic carbocycles. The number of fused-ring (bicyclic) bond motifs is 1. The second-order valence-electron chi connectivity index (χ2n) is 5.62. The van der Waals surface area contributed by atoms with E-state index in [0.29, 0.717) is 18.5 Å². The molecule has 1 aliphatic heterocycles. The normalized spacial score (nSPS) is 14.4. The standard InChI is InChI=1S/C14H19N3O4S/c1-9(2)7-14(19)16-17-22(20,21)11-4-5-12-10(8-11)3-6-13(18)15-12/h4-5,8-9,17H,3,6-7H2,1-2H3,(H,15,18)(H,16,19). The molecular weight excluding hydrogens is 306 g/mol. The zero-order valence-corrected chi connectivity index (χ0v) is 13.3. The van der Waals surface area contributed by atoms with Crippen LogP contribution in [0.15, 0.2) is 23.1 Å². The third-order valence-electron chi connectivity index (χ3n) is 3.20. The van der Waals surface area contributed by atoms with E-state index in [9.17, 15) is 18.0 Å². The fraction of sp³-hybridized carbons (Fsp3) is 0.429. The van der Waals surface area contributed by atoms with E-state index in [1.165, 1.54) is 12.1 Å². The molecule has 8 heteroatoms. The number of carbonyl (C=O) groups excluding carboxylic acids is 2. The molecule has 0 bridgehead atoms. The van der Waals surface area contributed by atoms with Gasteiger partial charge in [-0.25, -0.2) is 8.42 Å². The summed E-state index contributed by atoms with van der Waals surface area (Å²) in [5, 5.41) is 2.69. The topological polar surface area (TPSA) is 104 Å². The average molecular weight is 325 g/mol. The van der Waals surface area contributed by atoms with Gasteiger partial charge in [0.25, 0.3) is 10.0 Å². The molecule has 0 atom stereocenters. The molecule has 1 aromatic rings. The number of nitrogens with one attached hydrogen (secondary N) is 3. The first kappa shape index (κ1) is 16.4. The minimum absolute atomic E-state index is 0.0484. The van der Waals surface area contributed by atoms with Crippen LogP contribution in [0.25, 0.3) is 0 Å². The van der Waals surface area contributed by atoms with Crippen LogP contribution >= 0.6 is 0 Å². The first-order valence-corrected chi connectivity index (χ1v) is 8.49. The molecule has 0 radical (unpaired) electrons. The van der Waals surface area contributed by atoms with Gasteiger partial charge in [-0.05, 0) is 36.1 Å². The number of aryl methyl sites for hydroxylation is 1. The molecule has 1 aliphatic rings. The van der Waals surface area contributed by atoms with Crippen molar-refractivity contribution in [3.63, 3.8) is 0 Å². The maximum absolute atomic E-state index is 12.2. The third-order valence-corrected chi connectivity index (χ3v) is 4.45. The number of amides is 2. The van der Waals surface area contributed by atoms with Crippen molar-refractivity contribution in [3.05, 3.63) is 23.8 Å². The summed E-state index contributed by atoms with van der Waals surface area (Å²) in [4.78, 5) is 24.9. The van der Waals surface area contributed by atoms with E-state index < -0.39 is 10.0 Å². The quantitative estimate of drug-likeness (QED) is 0.700. The van der Waals surface area contributed by atoms with Gasteiger partial charge in [0.2, 0.25) is 11.8 Å². The molecule has 0 fully saturated rings. The van der Waals surface area contributed by atoms with Crippen LogP contribution in [-0.2, 0) is 26.0 Å². The first-order chi connectivity index (χ1) is 10.3. The summed E-state index contributed by atoms with van der Waals surface area (Å²) in [7, 11) is -3.83. The molecule has 0 saturated carbocycles. The minimum Gasteiger partial charge on any atom is -0.326 e. The lowest BCUT2D eigenvalue weighted by atomic mass is 10.0. The van der Waals surface area contributed by atoms with E-state index in [-0.39, 0.29) is 29.0 Å². The molecule has 2 amide bonds. The van der Waals surface area contributed by atoms with Gasteiger partial charge in [-0.1, -0.05) is 13.8 Å². The molecular formula is C14H19N3O4S. The van der Waals surface area contributed by atoms with Crippen LogP contribution in [0.4, 0.5) is 5.69 Å². The van der Waals surface area contributed by atoms with Crippen LogP contribution < -0.4 is 15.6 Å². The predicted molar refractivity (Wildman–Crippen MR) is 81.3 cm³/mol. The molecule has 1 heterocycles. The number of hydrazine groups is 1. The maximum atomic E-state index is 12.2. The van der Waals surface area contributed by atoms with Gasteiger partial charge in [-0.3, -0.25) is 15.0 Å². The van der Waals surface area contributed by atoms with E-state index in [4.69, 9.17) is 0 Å². The smallest absolute Gasteiger partial charge is 0.257 e. The van der Waals surface area contributed by atoms with Crippen molar-refractivity contribution in [2.75, 3.05) is 5.32 Å². The molecule has 1 aromatic carbocycles. The number of carbonyl (C=O) groups is 2. The van der Waals surface area contributed by atoms with E-state index >= 15 is 0 Å². The summed E-state index contributed by atoms with van der Waals surface area (Å²) in [5.41, 5.74) is 3.58. The van der Waals surface area contributed by atoms with Gasteiger partial charge in [0.05, 0.1) is 4.90 Å². The summed E-state index contributed by atoms with van der Waals surface area (Å²) in [6, 6.07) is 4.45. The second-order valence-corrected chi connectivity index (χ2v) is 7.30. The largest absolute Gasteiger partial charge is 0.326 e. The molecule has 0 saturated heterocycles. The van der Waals surface area contributed by atoms with Crippen molar-refractivity contribution in [2.24, 2.45) is 5.92 Å². The summed E-state index contributed by atoms with van der Waals surface area (Å²) < 4.78 is 24.3. The first-order valence-electron chi connectivity index (χ1n) is 7.01. The fourth-order valence-electron chi connectivity index (χ4n) is 2.13. The molecule has 0 unspecified atom stereocenters. The Morgan fingerprint density at radius 1 is 1.32 bits per heavy atom. The SMILES string of the molecule is CC(C)CC(=O)NNS(=O)(=O)c1ccc2c(c1)CCC(=O)N2. The Kier molecular flexibility index (Phi) is 4.82. The zero-order valence-electron chi connectivity index (χ0n) is 12.5. The minimum atomic E-state index is -3.83. The Morgan fingerprint density at radius 3 is 2.73 bits per heavy atom. The van der Waals surface area contributed by atoms with Crippen LogP contribution in [0, 0.1) is 5.92 Å². The van der Waals surface area contributed by atoms with Crippen molar-refractivity contribution >= 4 is 27.5 Å². The Bertz CT molecular complexity index is 698. The number of hydrogen-bond acceptors (Lipinski definition) is 4. The molecule has 0 aromatic heterocycles. The summed E-state index contributed by atoms with van der Waals surface area (Å²) in [6.45, 7) is 3.73. The van der Waals surface area contributed by atoms with Gasteiger partial charge in [-0.2, -0.15) is 0 Å². The van der Waals surface area contributed by atoms with E-state index in [0.717, 1.165) is 5.56 Å². The highest BCUT2D eigenvalue weighted by Gasteiger charge is 2.20. The van der Waals surface area contributed by atoms with E-state index in [2.05, 4.69) is 15.6 Å². The lowest BCUT2D eigenvalue weighted by Gasteiger charge is -2.17. The van der Waals surface area contributed by atoms with Gasteiger partial charge in [0.1, 0.15) is 0 Å². The number of benzene rings is 1. The second kappa shape index (κ2) is 6.45. The lowest BCUT2D eigenvalue weighted by molar-refractivity contribution is -0.122. The van der Waals surface area contributed by atoms with Gasteiger partial charge >= 0.3 is 0 Å². The summed E-state index contributed by atoms with van der Waals surface area (Å²) in [6.07, 6.45) is 1.05. The summed E-state index contributed by atoms with van der Waals surface area (Å²) >= 11 is 0. The molecule has 120 valence electrons. The van der Waals surface area contributed by atoms with Crippen molar-refractivity contribution in [1.82, 2.24) is 10.3 Å². The van der Waals surface area contributed by atoms with Gasteiger partial charge in [0.15, 0.2) is 0 Å². The highest BCUT2D eigenvalue weighted by Crippen LogP contribution is 2.25. The molecule has 22 heavy (non-hydrogen) atoms. The van der Waals surface area contributed by atoms with Crippen LogP contribution in [0.1, 0.15) is 32.3 Å². The zero-order chi connectivity index (χ0) is 16.3. The van der Waals surface area contributed by atoms with Crippen LogP contribution in [0.2, 0.25) is 0 Å². The van der Waals surface area contributed by atoms with Crippen LogP contribution in [0.5, 0.6) is 0 Å². The molecule has 3 N–H and O–H groups in total. The fourth-order valence-corrected chi connectivity index (χ4v) is 3.04. The Labute approximate surface area is 129 Å². The Morgan fingerprint density at radius 2 is 2.05 bits per heavy atom. The number of anilines is 1. The van der Waals surface area contributed by atoms with Gasteiger partial charge in [0, 0.05) is 18.5 Å². The van der Waals surface area contributed by atoms with Crippen molar-refractivity contribution in [1.29, 1.82) is 0 Å². The Balaban J connectivity index is 2.10. The van der Waals surface area contributed by atoms with E-state index in [1.54, 1.807) is 6.07 Å². The average Bonchev–Trinajstić information content (AvgIpc) is 2.44.